The summed E-state index contributed by atoms with van der Waals surface area (Å²) >= 11 is 0. The highest BCUT2D eigenvalue weighted by molar-refractivity contribution is 5.84. The third-order valence-corrected chi connectivity index (χ3v) is 3.91. The van der Waals surface area contributed by atoms with Crippen LogP contribution in [-0.2, 0) is 9.53 Å². The summed E-state index contributed by atoms with van der Waals surface area (Å²) in [6.45, 7) is 10.3. The summed E-state index contributed by atoms with van der Waals surface area (Å²) in [6.07, 6.45) is 4.52. The Morgan fingerprint density at radius 2 is 1.90 bits per heavy atom. The third kappa shape index (κ3) is 5.06. The molecule has 1 aliphatic rings. The fourth-order valence-corrected chi connectivity index (χ4v) is 2.79. The molecule has 0 radical (unpaired) electrons. The Balaban J connectivity index is 2.51. The number of methoxy groups -OCH3 is 1. The van der Waals surface area contributed by atoms with E-state index in [1.165, 1.54) is 0 Å². The molecule has 0 aliphatic carbocycles. The van der Waals surface area contributed by atoms with Gasteiger partial charge in [-0.05, 0) is 37.5 Å². The maximum atomic E-state index is 12.5. The summed E-state index contributed by atoms with van der Waals surface area (Å²) < 4.78 is 5.06. The second kappa shape index (κ2) is 8.63. The number of nitrogens with zero attached hydrogens (tertiary/aromatic N) is 1. The highest BCUT2D eigenvalue weighted by Gasteiger charge is 2.39. The molecule has 1 heterocycles. The first-order chi connectivity index (χ1) is 9.47. The van der Waals surface area contributed by atoms with E-state index in [0.717, 1.165) is 38.8 Å². The van der Waals surface area contributed by atoms with Crippen LogP contribution < -0.4 is 5.32 Å². The second-order valence-electron chi connectivity index (χ2n) is 6.62. The molecule has 0 aromatic rings. The van der Waals surface area contributed by atoms with Crippen molar-refractivity contribution in [3.63, 3.8) is 0 Å². The van der Waals surface area contributed by atoms with Crippen molar-refractivity contribution in [3.05, 3.63) is 0 Å². The molecule has 1 fully saturated rings. The summed E-state index contributed by atoms with van der Waals surface area (Å²) in [7, 11) is 1.74. The molecule has 1 aliphatic heterocycles. The highest BCUT2D eigenvalue weighted by atomic mass is 16.5. The molecule has 0 spiro atoms. The van der Waals surface area contributed by atoms with Gasteiger partial charge in [0.05, 0.1) is 12.2 Å². The number of hydrogen-bond acceptors (Lipinski definition) is 3. The number of hydrogen-bond donors (Lipinski definition) is 1. The molecule has 2 atom stereocenters. The van der Waals surface area contributed by atoms with Crippen molar-refractivity contribution in [3.8, 4) is 0 Å². The van der Waals surface area contributed by atoms with Gasteiger partial charge in [0.15, 0.2) is 0 Å². The Morgan fingerprint density at radius 3 is 2.45 bits per heavy atom. The minimum Gasteiger partial charge on any atom is -0.385 e. The van der Waals surface area contributed by atoms with E-state index in [-0.39, 0.29) is 18.1 Å². The summed E-state index contributed by atoms with van der Waals surface area (Å²) in [5.41, 5.74) is 0. The van der Waals surface area contributed by atoms with Crippen LogP contribution in [0.5, 0.6) is 0 Å². The molecule has 0 bridgehead atoms. The lowest BCUT2D eigenvalue weighted by atomic mass is 10.0. The van der Waals surface area contributed by atoms with Gasteiger partial charge in [0.1, 0.15) is 0 Å². The zero-order valence-electron chi connectivity index (χ0n) is 13.8. The zero-order chi connectivity index (χ0) is 15.1. The number of unbranched alkanes of at least 4 members (excludes halogenated alkanes) is 2. The Hall–Kier alpha value is -0.610. The molecule has 118 valence electrons. The van der Waals surface area contributed by atoms with E-state index >= 15 is 0 Å². The normalized spacial score (nSPS) is 23.4. The van der Waals surface area contributed by atoms with E-state index in [1.54, 1.807) is 7.11 Å². The number of ether oxygens (including phenoxy) is 1. The van der Waals surface area contributed by atoms with Crippen LogP contribution in [0.15, 0.2) is 0 Å². The fourth-order valence-electron chi connectivity index (χ4n) is 2.79. The highest BCUT2D eigenvalue weighted by Crippen LogP contribution is 2.22. The van der Waals surface area contributed by atoms with Crippen LogP contribution in [0.25, 0.3) is 0 Å². The molecular weight excluding hydrogens is 252 g/mol. The van der Waals surface area contributed by atoms with Gasteiger partial charge < -0.3 is 9.64 Å². The van der Waals surface area contributed by atoms with Gasteiger partial charge in [0.2, 0.25) is 5.91 Å². The lowest BCUT2D eigenvalue weighted by Gasteiger charge is -2.25. The molecule has 1 N–H and O–H groups in total. The Morgan fingerprint density at radius 1 is 1.20 bits per heavy atom. The zero-order valence-corrected chi connectivity index (χ0v) is 13.8. The first-order valence-corrected chi connectivity index (χ1v) is 8.02. The van der Waals surface area contributed by atoms with Crippen LogP contribution in [0.2, 0.25) is 0 Å². The van der Waals surface area contributed by atoms with Crippen molar-refractivity contribution in [2.24, 2.45) is 11.8 Å². The smallest absolute Gasteiger partial charge is 0.241 e. The molecule has 0 aromatic heterocycles. The molecule has 4 heteroatoms. The van der Waals surface area contributed by atoms with Crippen LogP contribution in [0, 0.1) is 11.8 Å². The van der Waals surface area contributed by atoms with Crippen LogP contribution in [-0.4, -0.2) is 43.3 Å². The molecule has 20 heavy (non-hydrogen) atoms. The molecule has 1 amide bonds. The summed E-state index contributed by atoms with van der Waals surface area (Å²) in [6, 6.07) is -0.00211. The van der Waals surface area contributed by atoms with Crippen LogP contribution in [0.3, 0.4) is 0 Å². The fraction of sp³-hybridized carbons (Fsp3) is 0.938. The Bertz CT molecular complexity index is 292. The van der Waals surface area contributed by atoms with E-state index in [4.69, 9.17) is 4.74 Å². The Kier molecular flexibility index (Phi) is 7.52. The molecule has 4 nitrogen and oxygen atoms in total. The lowest BCUT2D eigenvalue weighted by Crippen LogP contribution is -2.39. The van der Waals surface area contributed by atoms with Crippen molar-refractivity contribution in [1.29, 1.82) is 0 Å². The molecule has 2 unspecified atom stereocenters. The van der Waals surface area contributed by atoms with Gasteiger partial charge >= 0.3 is 0 Å². The van der Waals surface area contributed by atoms with E-state index < -0.39 is 0 Å². The number of nitrogens with one attached hydrogen (secondary N) is 1. The summed E-state index contributed by atoms with van der Waals surface area (Å²) in [4.78, 5) is 14.6. The molecular formula is C16H32N2O2. The van der Waals surface area contributed by atoms with Gasteiger partial charge in [-0.1, -0.05) is 27.7 Å². The molecule has 0 aromatic carbocycles. The first kappa shape index (κ1) is 17.4. The SMILES string of the molecule is COCCCCCN1C(=O)C(C(C)C)NC1CC(C)C. The van der Waals surface area contributed by atoms with Crippen LogP contribution >= 0.6 is 0 Å². The predicted octanol–water partition coefficient (Wildman–Crippen LogP) is 2.63. The molecule has 1 saturated heterocycles. The monoisotopic (exact) mass is 284 g/mol. The summed E-state index contributed by atoms with van der Waals surface area (Å²) in [5.74, 6) is 1.25. The standard InChI is InChI=1S/C16H32N2O2/c1-12(2)11-14-17-15(13(3)4)16(19)18(14)9-7-6-8-10-20-5/h12-15,17H,6-11H2,1-5H3. The van der Waals surface area contributed by atoms with Crippen LogP contribution in [0.4, 0.5) is 0 Å². The third-order valence-electron chi connectivity index (χ3n) is 3.91. The largest absolute Gasteiger partial charge is 0.385 e. The van der Waals surface area contributed by atoms with Gasteiger partial charge in [-0.25, -0.2) is 0 Å². The van der Waals surface area contributed by atoms with Gasteiger partial charge in [0.25, 0.3) is 0 Å². The van der Waals surface area contributed by atoms with E-state index in [1.807, 2.05) is 0 Å². The lowest BCUT2D eigenvalue weighted by molar-refractivity contribution is -0.130. The maximum absolute atomic E-state index is 12.5. The van der Waals surface area contributed by atoms with E-state index in [2.05, 4.69) is 37.9 Å². The number of carbonyl (C=O) groups excluding carboxylic acids is 1. The quantitative estimate of drug-likeness (QED) is 0.662. The van der Waals surface area contributed by atoms with Gasteiger partial charge in [0, 0.05) is 20.3 Å². The topological polar surface area (TPSA) is 41.6 Å². The average molecular weight is 284 g/mol. The van der Waals surface area contributed by atoms with Gasteiger partial charge in [-0.2, -0.15) is 0 Å². The molecule has 0 saturated carbocycles. The first-order valence-electron chi connectivity index (χ1n) is 8.02. The number of amides is 1. The maximum Gasteiger partial charge on any atom is 0.241 e. The van der Waals surface area contributed by atoms with Gasteiger partial charge in [-0.3, -0.25) is 10.1 Å². The predicted molar refractivity (Wildman–Crippen MR) is 82.4 cm³/mol. The van der Waals surface area contributed by atoms with Crippen molar-refractivity contribution in [2.75, 3.05) is 20.3 Å². The molecule has 1 rings (SSSR count). The van der Waals surface area contributed by atoms with Crippen molar-refractivity contribution < 1.29 is 9.53 Å². The van der Waals surface area contributed by atoms with Crippen molar-refractivity contribution in [1.82, 2.24) is 10.2 Å². The van der Waals surface area contributed by atoms with Gasteiger partial charge in [-0.15, -0.1) is 0 Å². The van der Waals surface area contributed by atoms with Crippen molar-refractivity contribution >= 4 is 5.91 Å². The van der Waals surface area contributed by atoms with Crippen LogP contribution in [0.1, 0.15) is 53.4 Å². The Labute approximate surface area is 124 Å². The number of rotatable bonds is 9. The number of carbonyl (C=O) groups is 1. The minimum absolute atomic E-state index is 0.00211. The minimum atomic E-state index is -0.00211. The second-order valence-corrected chi connectivity index (χ2v) is 6.62. The summed E-state index contributed by atoms with van der Waals surface area (Å²) in [5, 5.41) is 3.53. The van der Waals surface area contributed by atoms with E-state index in [0.29, 0.717) is 11.8 Å². The average Bonchev–Trinajstić information content (AvgIpc) is 2.66. The van der Waals surface area contributed by atoms with Crippen molar-refractivity contribution in [2.45, 2.75) is 65.6 Å². The van der Waals surface area contributed by atoms with E-state index in [9.17, 15) is 4.79 Å².